The SMILES string of the molecule is CCOc1ccccc1-c1noc(COC(=O)COc2ccc3c(C)cc(=O)oc3c2)n1. The number of fused-ring (bicyclic) bond motifs is 1. The summed E-state index contributed by atoms with van der Waals surface area (Å²) in [5.74, 6) is 0.863. The van der Waals surface area contributed by atoms with E-state index >= 15 is 0 Å². The molecule has 0 fully saturated rings. The van der Waals surface area contributed by atoms with E-state index in [0.717, 1.165) is 10.9 Å². The summed E-state index contributed by atoms with van der Waals surface area (Å²) in [7, 11) is 0. The van der Waals surface area contributed by atoms with Crippen molar-refractivity contribution in [1.29, 1.82) is 0 Å². The van der Waals surface area contributed by atoms with E-state index in [2.05, 4.69) is 10.1 Å². The predicted molar refractivity (Wildman–Crippen MR) is 113 cm³/mol. The van der Waals surface area contributed by atoms with Crippen molar-refractivity contribution in [3.63, 3.8) is 0 Å². The van der Waals surface area contributed by atoms with Crippen LogP contribution in [0.25, 0.3) is 22.4 Å². The first-order valence-corrected chi connectivity index (χ1v) is 9.91. The second kappa shape index (κ2) is 9.34. The van der Waals surface area contributed by atoms with Crippen molar-refractivity contribution in [1.82, 2.24) is 10.1 Å². The van der Waals surface area contributed by atoms with E-state index in [1.54, 1.807) is 18.2 Å². The van der Waals surface area contributed by atoms with E-state index in [9.17, 15) is 9.59 Å². The fraction of sp³-hybridized carbons (Fsp3) is 0.217. The van der Waals surface area contributed by atoms with Gasteiger partial charge in [0.15, 0.2) is 13.2 Å². The van der Waals surface area contributed by atoms with Gasteiger partial charge in [-0.15, -0.1) is 0 Å². The van der Waals surface area contributed by atoms with E-state index in [4.69, 9.17) is 23.2 Å². The minimum Gasteiger partial charge on any atom is -0.493 e. The molecule has 0 saturated heterocycles. The Kier molecular flexibility index (Phi) is 6.16. The molecule has 0 N–H and O–H groups in total. The molecule has 0 spiro atoms. The highest BCUT2D eigenvalue weighted by Gasteiger charge is 2.15. The van der Waals surface area contributed by atoms with Crippen LogP contribution < -0.4 is 15.1 Å². The van der Waals surface area contributed by atoms with Crippen LogP contribution in [0.1, 0.15) is 18.4 Å². The third-order valence-electron chi connectivity index (χ3n) is 4.53. The van der Waals surface area contributed by atoms with Crippen LogP contribution in [0.5, 0.6) is 11.5 Å². The smallest absolute Gasteiger partial charge is 0.344 e. The summed E-state index contributed by atoms with van der Waals surface area (Å²) < 4.78 is 26.5. The number of rotatable bonds is 8. The van der Waals surface area contributed by atoms with Gasteiger partial charge in [-0.05, 0) is 43.7 Å². The number of esters is 1. The van der Waals surface area contributed by atoms with Crippen molar-refractivity contribution in [3.8, 4) is 22.9 Å². The largest absolute Gasteiger partial charge is 0.493 e. The number of nitrogens with zero attached hydrogens (tertiary/aromatic N) is 2. The Labute approximate surface area is 182 Å². The average Bonchev–Trinajstić information content (AvgIpc) is 3.25. The van der Waals surface area contributed by atoms with Gasteiger partial charge in [0.2, 0.25) is 5.82 Å². The first kappa shape index (κ1) is 21.1. The van der Waals surface area contributed by atoms with Gasteiger partial charge < -0.3 is 23.2 Å². The van der Waals surface area contributed by atoms with Gasteiger partial charge in [0, 0.05) is 17.5 Å². The highest BCUT2D eigenvalue weighted by Crippen LogP contribution is 2.27. The number of benzene rings is 2. The van der Waals surface area contributed by atoms with Crippen LogP contribution in [0.2, 0.25) is 0 Å². The van der Waals surface area contributed by atoms with Gasteiger partial charge in [0.25, 0.3) is 5.89 Å². The van der Waals surface area contributed by atoms with Gasteiger partial charge in [-0.25, -0.2) is 9.59 Å². The normalized spacial score (nSPS) is 10.8. The molecule has 0 atom stereocenters. The maximum Gasteiger partial charge on any atom is 0.344 e. The summed E-state index contributed by atoms with van der Waals surface area (Å²) in [6.07, 6.45) is 0. The van der Waals surface area contributed by atoms with Crippen molar-refractivity contribution < 1.29 is 27.9 Å². The van der Waals surface area contributed by atoms with Crippen molar-refractivity contribution in [3.05, 3.63) is 70.4 Å². The Morgan fingerprint density at radius 3 is 2.78 bits per heavy atom. The zero-order valence-corrected chi connectivity index (χ0v) is 17.5. The quantitative estimate of drug-likeness (QED) is 0.301. The van der Waals surface area contributed by atoms with Gasteiger partial charge in [-0.1, -0.05) is 17.3 Å². The molecule has 32 heavy (non-hydrogen) atoms. The molecule has 164 valence electrons. The van der Waals surface area contributed by atoms with E-state index in [-0.39, 0.29) is 19.1 Å². The number of para-hydroxylation sites is 1. The third-order valence-corrected chi connectivity index (χ3v) is 4.53. The Bertz CT molecular complexity index is 1310. The third kappa shape index (κ3) is 4.77. The molecule has 2 heterocycles. The maximum absolute atomic E-state index is 12.0. The second-order valence-electron chi connectivity index (χ2n) is 6.80. The molecule has 0 aliphatic rings. The van der Waals surface area contributed by atoms with Crippen LogP contribution in [-0.4, -0.2) is 29.3 Å². The van der Waals surface area contributed by atoms with Crippen LogP contribution in [-0.2, 0) is 16.1 Å². The zero-order chi connectivity index (χ0) is 22.5. The molecule has 0 radical (unpaired) electrons. The molecule has 0 aliphatic heterocycles. The molecule has 0 aliphatic carbocycles. The molecule has 4 aromatic rings. The topological polar surface area (TPSA) is 114 Å². The highest BCUT2D eigenvalue weighted by molar-refractivity contribution is 5.81. The number of carbonyl (C=O) groups excluding carboxylic acids is 1. The second-order valence-corrected chi connectivity index (χ2v) is 6.80. The summed E-state index contributed by atoms with van der Waals surface area (Å²) in [6, 6.07) is 13.7. The molecular weight excluding hydrogens is 416 g/mol. The standard InChI is InChI=1S/C23H20N2O7/c1-3-28-18-7-5-4-6-17(18)23-24-20(32-25-23)12-30-22(27)13-29-15-8-9-16-14(2)10-21(26)31-19(16)11-15/h4-11H,3,12-13H2,1-2H3. The average molecular weight is 436 g/mol. The van der Waals surface area contributed by atoms with Gasteiger partial charge in [-0.3, -0.25) is 0 Å². The molecule has 0 bridgehead atoms. The summed E-state index contributed by atoms with van der Waals surface area (Å²) in [4.78, 5) is 27.8. The number of carbonyl (C=O) groups is 1. The zero-order valence-electron chi connectivity index (χ0n) is 17.5. The summed E-state index contributed by atoms with van der Waals surface area (Å²) in [5, 5.41) is 4.71. The lowest BCUT2D eigenvalue weighted by Gasteiger charge is -2.07. The van der Waals surface area contributed by atoms with E-state index in [0.29, 0.717) is 35.1 Å². The molecule has 2 aromatic carbocycles. The van der Waals surface area contributed by atoms with Crippen molar-refractivity contribution in [2.45, 2.75) is 20.5 Å². The maximum atomic E-state index is 12.0. The molecular formula is C23H20N2O7. The molecule has 9 heteroatoms. The molecule has 9 nitrogen and oxygen atoms in total. The molecule has 4 rings (SSSR count). The van der Waals surface area contributed by atoms with Crippen LogP contribution in [0, 0.1) is 6.92 Å². The van der Waals surface area contributed by atoms with Crippen LogP contribution >= 0.6 is 0 Å². The number of aryl methyl sites for hydroxylation is 1. The van der Waals surface area contributed by atoms with Gasteiger partial charge in [0.05, 0.1) is 12.2 Å². The van der Waals surface area contributed by atoms with Crippen LogP contribution in [0.15, 0.2) is 62.3 Å². The molecule has 0 amide bonds. The predicted octanol–water partition coefficient (Wildman–Crippen LogP) is 3.67. The Morgan fingerprint density at radius 1 is 1.09 bits per heavy atom. The number of hydrogen-bond donors (Lipinski definition) is 0. The fourth-order valence-corrected chi connectivity index (χ4v) is 3.08. The van der Waals surface area contributed by atoms with Crippen LogP contribution in [0.3, 0.4) is 0 Å². The van der Waals surface area contributed by atoms with Gasteiger partial charge >= 0.3 is 11.6 Å². The number of hydrogen-bond acceptors (Lipinski definition) is 9. The molecule has 2 aromatic heterocycles. The lowest BCUT2D eigenvalue weighted by atomic mass is 10.1. The molecule has 0 unspecified atom stereocenters. The lowest BCUT2D eigenvalue weighted by Crippen LogP contribution is -2.14. The van der Waals surface area contributed by atoms with Crippen molar-refractivity contribution >= 4 is 16.9 Å². The van der Waals surface area contributed by atoms with E-state index < -0.39 is 11.6 Å². The minimum atomic E-state index is -0.620. The number of ether oxygens (including phenoxy) is 3. The van der Waals surface area contributed by atoms with E-state index in [1.807, 2.05) is 38.1 Å². The monoisotopic (exact) mass is 436 g/mol. The minimum absolute atomic E-state index is 0.141. The van der Waals surface area contributed by atoms with Gasteiger partial charge in [0.1, 0.15) is 17.1 Å². The van der Waals surface area contributed by atoms with Crippen molar-refractivity contribution in [2.24, 2.45) is 0 Å². The molecule has 0 saturated carbocycles. The Balaban J connectivity index is 1.34. The van der Waals surface area contributed by atoms with Crippen LogP contribution in [0.4, 0.5) is 0 Å². The summed E-state index contributed by atoms with van der Waals surface area (Å²) >= 11 is 0. The number of aromatic nitrogens is 2. The lowest BCUT2D eigenvalue weighted by molar-refractivity contribution is -0.148. The Morgan fingerprint density at radius 2 is 1.94 bits per heavy atom. The first-order chi connectivity index (χ1) is 15.5. The highest BCUT2D eigenvalue weighted by atomic mass is 16.6. The summed E-state index contributed by atoms with van der Waals surface area (Å²) in [5.41, 5.74) is 1.41. The fourth-order valence-electron chi connectivity index (χ4n) is 3.08. The van der Waals surface area contributed by atoms with Crippen molar-refractivity contribution in [2.75, 3.05) is 13.2 Å². The van der Waals surface area contributed by atoms with E-state index in [1.165, 1.54) is 6.07 Å². The first-order valence-electron chi connectivity index (χ1n) is 9.91. The summed E-state index contributed by atoms with van der Waals surface area (Å²) in [6.45, 7) is 3.67. The van der Waals surface area contributed by atoms with Gasteiger partial charge in [-0.2, -0.15) is 4.98 Å². The Hall–Kier alpha value is -4.14.